The summed E-state index contributed by atoms with van der Waals surface area (Å²) in [6, 6.07) is 0. The van der Waals surface area contributed by atoms with Gasteiger partial charge in [0.25, 0.3) is 7.59 Å². The lowest BCUT2D eigenvalue weighted by Crippen LogP contribution is -2.41. The smallest absolute Gasteiger partial charge is 0.285 e. The highest BCUT2D eigenvalue weighted by atomic mass is 31.2. The second kappa shape index (κ2) is 4.73. The fraction of sp³-hybridized carbons (Fsp3) is 1.00. The first-order valence-corrected chi connectivity index (χ1v) is 6.35. The minimum atomic E-state index is -2.52. The summed E-state index contributed by atoms with van der Waals surface area (Å²) in [6.07, 6.45) is 0. The monoisotopic (exact) mass is 221 g/mol. The van der Waals surface area contributed by atoms with Crippen LogP contribution in [0.5, 0.6) is 0 Å². The molecule has 84 valence electrons. The van der Waals surface area contributed by atoms with Gasteiger partial charge in [-0.1, -0.05) is 0 Å². The van der Waals surface area contributed by atoms with E-state index in [1.165, 1.54) is 0 Å². The number of morpholine rings is 1. The van der Waals surface area contributed by atoms with Gasteiger partial charge in [-0.3, -0.25) is 4.57 Å². The molecule has 0 bridgehead atoms. The maximum Gasteiger partial charge on any atom is 0.285 e. The first-order valence-electron chi connectivity index (χ1n) is 4.78. The Hall–Kier alpha value is 0.0700. The van der Waals surface area contributed by atoms with Gasteiger partial charge < -0.3 is 4.74 Å². The summed E-state index contributed by atoms with van der Waals surface area (Å²) in [5.41, 5.74) is 0. The van der Waals surface area contributed by atoms with Crippen molar-refractivity contribution < 1.29 is 9.30 Å². The molecule has 0 amide bonds. The van der Waals surface area contributed by atoms with Crippen LogP contribution in [-0.2, 0) is 9.30 Å². The predicted octanol–water partition coefficient (Wildman–Crippen LogP) is 0.550. The first kappa shape index (κ1) is 12.1. The Balaban J connectivity index is 2.81. The van der Waals surface area contributed by atoms with E-state index in [1.54, 1.807) is 9.34 Å². The SMILES string of the molecule is CN(C)P(=O)(N(C)C)N1CCOCC1. The zero-order valence-corrected chi connectivity index (χ0v) is 10.3. The quantitative estimate of drug-likeness (QED) is 0.650. The maximum atomic E-state index is 12.7. The molecule has 0 spiro atoms. The van der Waals surface area contributed by atoms with E-state index in [9.17, 15) is 4.57 Å². The van der Waals surface area contributed by atoms with Crippen LogP contribution >= 0.6 is 7.59 Å². The van der Waals surface area contributed by atoms with Crippen molar-refractivity contribution in [2.45, 2.75) is 0 Å². The molecule has 0 aromatic heterocycles. The van der Waals surface area contributed by atoms with Gasteiger partial charge in [0.15, 0.2) is 0 Å². The number of nitrogens with zero attached hydrogens (tertiary/aromatic N) is 3. The second-order valence-electron chi connectivity index (χ2n) is 3.77. The molecular formula is C8H20N3O2P. The lowest BCUT2D eigenvalue weighted by Gasteiger charge is -2.40. The molecule has 0 unspecified atom stereocenters. The van der Waals surface area contributed by atoms with E-state index in [0.29, 0.717) is 13.2 Å². The Morgan fingerprint density at radius 1 is 1.07 bits per heavy atom. The summed E-state index contributed by atoms with van der Waals surface area (Å²) in [5.74, 6) is 0. The third-order valence-corrected chi connectivity index (χ3v) is 5.62. The zero-order valence-electron chi connectivity index (χ0n) is 9.43. The molecule has 1 aliphatic rings. The molecule has 1 heterocycles. The van der Waals surface area contributed by atoms with Gasteiger partial charge >= 0.3 is 0 Å². The average Bonchev–Trinajstić information content (AvgIpc) is 2.17. The Bertz CT molecular complexity index is 215. The molecule has 1 aliphatic heterocycles. The molecule has 5 nitrogen and oxygen atoms in total. The van der Waals surface area contributed by atoms with Crippen molar-refractivity contribution >= 4 is 7.59 Å². The van der Waals surface area contributed by atoms with Crippen LogP contribution in [0.25, 0.3) is 0 Å². The minimum absolute atomic E-state index is 0.672. The lowest BCUT2D eigenvalue weighted by atomic mass is 10.5. The van der Waals surface area contributed by atoms with Gasteiger partial charge in [0.1, 0.15) is 0 Å². The van der Waals surface area contributed by atoms with Crippen LogP contribution in [0.2, 0.25) is 0 Å². The van der Waals surface area contributed by atoms with E-state index in [1.807, 2.05) is 32.9 Å². The molecule has 0 saturated carbocycles. The van der Waals surface area contributed by atoms with Crippen molar-refractivity contribution in [2.24, 2.45) is 0 Å². The van der Waals surface area contributed by atoms with E-state index in [-0.39, 0.29) is 0 Å². The highest BCUT2D eigenvalue weighted by Crippen LogP contribution is 2.52. The Kier molecular flexibility index (Phi) is 4.10. The number of hydrogen-bond acceptors (Lipinski definition) is 2. The number of rotatable bonds is 3. The molecule has 0 atom stereocenters. The molecule has 14 heavy (non-hydrogen) atoms. The molecule has 0 aromatic rings. The van der Waals surface area contributed by atoms with E-state index >= 15 is 0 Å². The number of ether oxygens (including phenoxy) is 1. The van der Waals surface area contributed by atoms with Gasteiger partial charge in [0.05, 0.1) is 13.2 Å². The minimum Gasteiger partial charge on any atom is -0.379 e. The summed E-state index contributed by atoms with van der Waals surface area (Å²) < 4.78 is 23.6. The largest absolute Gasteiger partial charge is 0.379 e. The third-order valence-electron chi connectivity index (χ3n) is 2.40. The molecular weight excluding hydrogens is 201 g/mol. The average molecular weight is 221 g/mol. The summed E-state index contributed by atoms with van der Waals surface area (Å²) in [5, 5.41) is 0. The van der Waals surface area contributed by atoms with Crippen molar-refractivity contribution in [3.05, 3.63) is 0 Å². The van der Waals surface area contributed by atoms with Crippen LogP contribution < -0.4 is 0 Å². The van der Waals surface area contributed by atoms with Crippen molar-refractivity contribution in [3.8, 4) is 0 Å². The van der Waals surface area contributed by atoms with Gasteiger partial charge in [-0.15, -0.1) is 0 Å². The fourth-order valence-electron chi connectivity index (χ4n) is 1.68. The van der Waals surface area contributed by atoms with Gasteiger partial charge in [-0.25, -0.2) is 14.0 Å². The van der Waals surface area contributed by atoms with Crippen LogP contribution in [0.3, 0.4) is 0 Å². The van der Waals surface area contributed by atoms with E-state index in [0.717, 1.165) is 13.1 Å². The van der Waals surface area contributed by atoms with Crippen molar-refractivity contribution in [1.82, 2.24) is 14.0 Å². The summed E-state index contributed by atoms with van der Waals surface area (Å²) in [6.45, 7) is 2.83. The van der Waals surface area contributed by atoms with Crippen LogP contribution in [0.15, 0.2) is 0 Å². The molecule has 0 aliphatic carbocycles. The first-order chi connectivity index (χ1) is 6.49. The van der Waals surface area contributed by atoms with Crippen LogP contribution in [0.4, 0.5) is 0 Å². The topological polar surface area (TPSA) is 36.0 Å². The Labute approximate surface area is 86.1 Å². The van der Waals surface area contributed by atoms with E-state index < -0.39 is 7.59 Å². The molecule has 6 heteroatoms. The van der Waals surface area contributed by atoms with E-state index in [4.69, 9.17) is 4.74 Å². The highest BCUT2D eigenvalue weighted by Gasteiger charge is 2.36. The summed E-state index contributed by atoms with van der Waals surface area (Å²) in [4.78, 5) is 0. The maximum absolute atomic E-state index is 12.7. The lowest BCUT2D eigenvalue weighted by molar-refractivity contribution is 0.0666. The van der Waals surface area contributed by atoms with Crippen molar-refractivity contribution in [3.63, 3.8) is 0 Å². The van der Waals surface area contributed by atoms with Gasteiger partial charge in [-0.05, 0) is 28.2 Å². The molecule has 1 fully saturated rings. The molecule has 1 rings (SSSR count). The summed E-state index contributed by atoms with van der Waals surface area (Å²) in [7, 11) is 4.91. The van der Waals surface area contributed by atoms with Crippen LogP contribution in [0, 0.1) is 0 Å². The van der Waals surface area contributed by atoms with Crippen LogP contribution in [0.1, 0.15) is 0 Å². The zero-order chi connectivity index (χ0) is 10.8. The number of hydrogen-bond donors (Lipinski definition) is 0. The third kappa shape index (κ3) is 2.18. The fourth-order valence-corrected chi connectivity index (χ4v) is 4.09. The van der Waals surface area contributed by atoms with Crippen LogP contribution in [-0.4, -0.2) is 68.5 Å². The molecule has 0 radical (unpaired) electrons. The predicted molar refractivity (Wildman–Crippen MR) is 57.4 cm³/mol. The molecule has 1 saturated heterocycles. The van der Waals surface area contributed by atoms with Gasteiger partial charge in [0, 0.05) is 13.1 Å². The summed E-state index contributed by atoms with van der Waals surface area (Å²) >= 11 is 0. The van der Waals surface area contributed by atoms with Gasteiger partial charge in [0.2, 0.25) is 0 Å². The molecule has 0 aromatic carbocycles. The van der Waals surface area contributed by atoms with Crippen molar-refractivity contribution in [2.75, 3.05) is 54.5 Å². The Morgan fingerprint density at radius 2 is 1.50 bits per heavy atom. The molecule has 0 N–H and O–H groups in total. The van der Waals surface area contributed by atoms with Crippen molar-refractivity contribution in [1.29, 1.82) is 0 Å². The van der Waals surface area contributed by atoms with E-state index in [2.05, 4.69) is 0 Å². The Morgan fingerprint density at radius 3 is 1.86 bits per heavy atom. The normalized spacial score (nSPS) is 20.7. The van der Waals surface area contributed by atoms with Gasteiger partial charge in [-0.2, -0.15) is 0 Å². The highest BCUT2D eigenvalue weighted by molar-refractivity contribution is 7.56. The standard InChI is InChI=1S/C8H20N3O2P/c1-9(2)14(12,10(3)4)11-5-7-13-8-6-11/h5-8H2,1-4H3. The second-order valence-corrected chi connectivity index (χ2v) is 6.97.